The van der Waals surface area contributed by atoms with E-state index in [9.17, 15) is 18.3 Å². The molecule has 0 fully saturated rings. The zero-order chi connectivity index (χ0) is 18.5. The Labute approximate surface area is 155 Å². The Balaban J connectivity index is 2.17. The first-order chi connectivity index (χ1) is 11.7. The molecule has 1 aromatic heterocycles. The standard InChI is InChI=1S/C16H16Cl2N2O4S/c1-3-20-16(22)10(6-19-20)15(21)9-4-5-12-13(8(9)2)14(18)11(17)7-25(12,23)24/h4-6,11,14,22H,3,7H2,1-2H3. The minimum Gasteiger partial charge on any atom is -0.493 e. The normalized spacial score (nSPS) is 21.8. The number of benzene rings is 1. The molecule has 2 heterocycles. The van der Waals surface area contributed by atoms with Crippen LogP contribution >= 0.6 is 23.2 Å². The van der Waals surface area contributed by atoms with Crippen LogP contribution in [0.3, 0.4) is 0 Å². The van der Waals surface area contributed by atoms with E-state index in [1.165, 1.54) is 23.0 Å². The van der Waals surface area contributed by atoms with Crippen LogP contribution in [0.25, 0.3) is 0 Å². The first-order valence-electron chi connectivity index (χ1n) is 7.63. The number of aromatic nitrogens is 2. The summed E-state index contributed by atoms with van der Waals surface area (Å²) in [4.78, 5) is 12.9. The molecule has 0 bridgehead atoms. The highest BCUT2D eigenvalue weighted by Gasteiger charge is 2.38. The summed E-state index contributed by atoms with van der Waals surface area (Å²) in [7, 11) is -3.56. The van der Waals surface area contributed by atoms with E-state index < -0.39 is 26.4 Å². The molecule has 6 nitrogen and oxygen atoms in total. The van der Waals surface area contributed by atoms with Gasteiger partial charge in [-0.2, -0.15) is 5.10 Å². The molecular weight excluding hydrogens is 387 g/mol. The van der Waals surface area contributed by atoms with E-state index in [1.54, 1.807) is 13.8 Å². The van der Waals surface area contributed by atoms with Crippen molar-refractivity contribution in [3.05, 3.63) is 40.6 Å². The van der Waals surface area contributed by atoms with Gasteiger partial charge in [0.05, 0.1) is 27.6 Å². The number of hydrogen-bond donors (Lipinski definition) is 1. The number of halogens is 2. The van der Waals surface area contributed by atoms with Crippen molar-refractivity contribution < 1.29 is 18.3 Å². The molecule has 3 rings (SSSR count). The molecule has 0 spiro atoms. The van der Waals surface area contributed by atoms with Crippen molar-refractivity contribution in [3.8, 4) is 5.88 Å². The lowest BCUT2D eigenvalue weighted by atomic mass is 9.94. The van der Waals surface area contributed by atoms with Gasteiger partial charge >= 0.3 is 0 Å². The number of nitrogens with zero attached hydrogens (tertiary/aromatic N) is 2. The molecule has 9 heteroatoms. The van der Waals surface area contributed by atoms with Gasteiger partial charge in [-0.3, -0.25) is 4.79 Å². The Hall–Kier alpha value is -1.57. The predicted molar refractivity (Wildman–Crippen MR) is 94.5 cm³/mol. The van der Waals surface area contributed by atoms with Gasteiger partial charge in [-0.25, -0.2) is 13.1 Å². The third kappa shape index (κ3) is 2.84. The second-order valence-corrected chi connectivity index (χ2v) is 8.91. The van der Waals surface area contributed by atoms with Gasteiger partial charge in [0, 0.05) is 12.1 Å². The molecule has 2 atom stereocenters. The average molecular weight is 403 g/mol. The molecule has 0 saturated carbocycles. The first kappa shape index (κ1) is 18.2. The minimum absolute atomic E-state index is 0.0529. The van der Waals surface area contributed by atoms with E-state index in [2.05, 4.69) is 5.10 Å². The molecule has 1 aromatic carbocycles. The third-order valence-electron chi connectivity index (χ3n) is 4.38. The monoisotopic (exact) mass is 402 g/mol. The Morgan fingerprint density at radius 1 is 1.36 bits per heavy atom. The fraction of sp³-hybridized carbons (Fsp3) is 0.375. The number of sulfone groups is 1. The zero-order valence-corrected chi connectivity index (χ0v) is 15.9. The van der Waals surface area contributed by atoms with Crippen LogP contribution in [0.15, 0.2) is 23.2 Å². The Kier molecular flexibility index (Phi) is 4.59. The number of alkyl halides is 2. The van der Waals surface area contributed by atoms with Gasteiger partial charge in [-0.1, -0.05) is 0 Å². The van der Waals surface area contributed by atoms with Crippen LogP contribution in [0.4, 0.5) is 0 Å². The average Bonchev–Trinajstić information content (AvgIpc) is 2.92. The second-order valence-electron chi connectivity index (χ2n) is 5.88. The molecule has 2 aromatic rings. The number of carbonyl (C=O) groups is 1. The molecule has 1 N–H and O–H groups in total. The van der Waals surface area contributed by atoms with Gasteiger partial charge in [-0.05, 0) is 37.1 Å². The van der Waals surface area contributed by atoms with Crippen molar-refractivity contribution in [2.45, 2.75) is 36.0 Å². The Morgan fingerprint density at radius 2 is 2.04 bits per heavy atom. The van der Waals surface area contributed by atoms with Gasteiger partial charge < -0.3 is 5.11 Å². The Bertz CT molecular complexity index is 969. The van der Waals surface area contributed by atoms with E-state index in [-0.39, 0.29) is 27.7 Å². The second kappa shape index (κ2) is 6.30. The smallest absolute Gasteiger partial charge is 0.220 e. The van der Waals surface area contributed by atoms with Crippen molar-refractivity contribution in [1.82, 2.24) is 9.78 Å². The van der Waals surface area contributed by atoms with Crippen LogP contribution in [-0.4, -0.2) is 40.2 Å². The summed E-state index contributed by atoms with van der Waals surface area (Å²) in [5.74, 6) is -0.919. The molecule has 134 valence electrons. The highest BCUT2D eigenvalue weighted by molar-refractivity contribution is 7.91. The number of rotatable bonds is 3. The van der Waals surface area contributed by atoms with Crippen LogP contribution < -0.4 is 0 Å². The van der Waals surface area contributed by atoms with Crippen molar-refractivity contribution >= 4 is 38.8 Å². The van der Waals surface area contributed by atoms with Crippen LogP contribution in [0.2, 0.25) is 0 Å². The summed E-state index contributed by atoms with van der Waals surface area (Å²) in [6, 6.07) is 2.82. The number of aromatic hydroxyl groups is 1. The molecule has 0 radical (unpaired) electrons. The summed E-state index contributed by atoms with van der Waals surface area (Å²) in [5.41, 5.74) is 1.11. The van der Waals surface area contributed by atoms with Crippen molar-refractivity contribution in [3.63, 3.8) is 0 Å². The topological polar surface area (TPSA) is 89.3 Å². The quantitative estimate of drug-likeness (QED) is 0.629. The summed E-state index contributed by atoms with van der Waals surface area (Å²) in [5, 5.41) is 12.6. The van der Waals surface area contributed by atoms with Crippen LogP contribution in [-0.2, 0) is 16.4 Å². The van der Waals surface area contributed by atoms with E-state index in [0.29, 0.717) is 17.7 Å². The first-order valence-corrected chi connectivity index (χ1v) is 10.2. The number of carbonyl (C=O) groups excluding carboxylic acids is 1. The van der Waals surface area contributed by atoms with Crippen molar-refractivity contribution in [2.75, 3.05) is 5.75 Å². The van der Waals surface area contributed by atoms with E-state index in [4.69, 9.17) is 23.2 Å². The van der Waals surface area contributed by atoms with Gasteiger partial charge in [0.15, 0.2) is 15.6 Å². The third-order valence-corrected chi connectivity index (χ3v) is 7.45. The summed E-state index contributed by atoms with van der Waals surface area (Å²) >= 11 is 12.4. The maximum Gasteiger partial charge on any atom is 0.220 e. The fourth-order valence-electron chi connectivity index (χ4n) is 3.04. The molecule has 0 saturated heterocycles. The predicted octanol–water partition coefficient (Wildman–Crippen LogP) is 2.82. The van der Waals surface area contributed by atoms with Gasteiger partial charge in [0.2, 0.25) is 5.88 Å². The van der Waals surface area contributed by atoms with E-state index in [1.807, 2.05) is 0 Å². The van der Waals surface area contributed by atoms with E-state index >= 15 is 0 Å². The number of aryl methyl sites for hydroxylation is 1. The number of ketones is 1. The molecule has 0 aliphatic carbocycles. The lowest BCUT2D eigenvalue weighted by Crippen LogP contribution is -2.29. The van der Waals surface area contributed by atoms with Crippen molar-refractivity contribution in [2.24, 2.45) is 0 Å². The van der Waals surface area contributed by atoms with Crippen molar-refractivity contribution in [1.29, 1.82) is 0 Å². The molecule has 25 heavy (non-hydrogen) atoms. The largest absolute Gasteiger partial charge is 0.493 e. The SMILES string of the molecule is CCn1ncc(C(=O)c2ccc3c(c2C)C(Cl)C(Cl)CS3(=O)=O)c1O. The summed E-state index contributed by atoms with van der Waals surface area (Å²) in [6.45, 7) is 3.83. The van der Waals surface area contributed by atoms with Crippen LogP contribution in [0.1, 0.15) is 39.3 Å². The summed E-state index contributed by atoms with van der Waals surface area (Å²) < 4.78 is 26.0. The van der Waals surface area contributed by atoms with E-state index in [0.717, 1.165) is 0 Å². The van der Waals surface area contributed by atoms with Crippen LogP contribution in [0, 0.1) is 6.92 Å². The van der Waals surface area contributed by atoms with Crippen LogP contribution in [0.5, 0.6) is 5.88 Å². The van der Waals surface area contributed by atoms with Gasteiger partial charge in [0.25, 0.3) is 0 Å². The minimum atomic E-state index is -3.56. The summed E-state index contributed by atoms with van der Waals surface area (Å²) in [6.07, 6.45) is 1.29. The molecular formula is C16H16Cl2N2O4S. The van der Waals surface area contributed by atoms with Gasteiger partial charge in [-0.15, -0.1) is 23.2 Å². The fourth-order valence-corrected chi connectivity index (χ4v) is 5.89. The maximum atomic E-state index is 12.8. The highest BCUT2D eigenvalue weighted by atomic mass is 35.5. The lowest BCUT2D eigenvalue weighted by Gasteiger charge is -2.27. The Morgan fingerprint density at radius 3 is 2.64 bits per heavy atom. The number of fused-ring (bicyclic) bond motifs is 1. The molecule has 1 aliphatic heterocycles. The maximum absolute atomic E-state index is 12.8. The molecule has 0 amide bonds. The number of hydrogen-bond acceptors (Lipinski definition) is 5. The highest BCUT2D eigenvalue weighted by Crippen LogP contribution is 2.42. The molecule has 2 unspecified atom stereocenters. The molecule has 1 aliphatic rings. The van der Waals surface area contributed by atoms with Gasteiger partial charge in [0.1, 0.15) is 5.56 Å². The lowest BCUT2D eigenvalue weighted by molar-refractivity contribution is 0.103. The zero-order valence-electron chi connectivity index (χ0n) is 13.5.